The number of amides is 1. The molecule has 0 aliphatic rings. The number of carbonyl (C=O) groups excluding carboxylic acids is 1. The van der Waals surface area contributed by atoms with Crippen molar-refractivity contribution >= 4 is 38.9 Å². The zero-order valence-corrected chi connectivity index (χ0v) is 20.9. The van der Waals surface area contributed by atoms with Gasteiger partial charge in [-0.2, -0.15) is 0 Å². The average Bonchev–Trinajstić information content (AvgIpc) is 3.51. The van der Waals surface area contributed by atoms with Crippen molar-refractivity contribution in [3.63, 3.8) is 0 Å². The van der Waals surface area contributed by atoms with Crippen molar-refractivity contribution in [1.29, 1.82) is 0 Å². The van der Waals surface area contributed by atoms with Gasteiger partial charge in [-0.3, -0.25) is 0 Å². The molecule has 0 fully saturated rings. The van der Waals surface area contributed by atoms with Gasteiger partial charge in [0.25, 0.3) is 0 Å². The van der Waals surface area contributed by atoms with Crippen molar-refractivity contribution in [1.82, 2.24) is 30.2 Å². The van der Waals surface area contributed by atoms with Gasteiger partial charge in [0.1, 0.15) is 30.3 Å². The highest BCUT2D eigenvalue weighted by molar-refractivity contribution is 6.05. The Labute approximate surface area is 221 Å². The first-order valence-corrected chi connectivity index (χ1v) is 12.2. The number of nitrogens with zero attached hydrogens (tertiary/aromatic N) is 3. The number of hydrogen-bond acceptors (Lipinski definition) is 8. The lowest BCUT2D eigenvalue weighted by molar-refractivity contribution is 0.146. The van der Waals surface area contributed by atoms with Crippen LogP contribution in [-0.2, 0) is 11.3 Å². The first-order chi connectivity index (χ1) is 19.1. The Morgan fingerprint density at radius 2 is 1.79 bits per heavy atom. The molecule has 0 aliphatic carbocycles. The SMILES string of the molecule is COCCOc1ccc2c(-c3c(O)[nH]c4ccc(OC(=O)NCc5nc6ccccc6[nH]5)cc34)ncnc2c1. The van der Waals surface area contributed by atoms with Gasteiger partial charge in [-0.25, -0.2) is 19.7 Å². The molecule has 6 aromatic rings. The Morgan fingerprint density at radius 1 is 0.923 bits per heavy atom. The summed E-state index contributed by atoms with van der Waals surface area (Å²) in [5.74, 6) is 1.51. The number of aromatic amines is 2. The molecule has 3 heterocycles. The Hall–Kier alpha value is -5.16. The number of aromatic hydroxyl groups is 1. The molecular formula is C28H24N6O5. The molecule has 196 valence electrons. The van der Waals surface area contributed by atoms with Crippen molar-refractivity contribution in [3.8, 4) is 28.6 Å². The summed E-state index contributed by atoms with van der Waals surface area (Å²) in [5.41, 5.74) is 4.02. The smallest absolute Gasteiger partial charge is 0.412 e. The maximum Gasteiger partial charge on any atom is 0.412 e. The molecule has 4 N–H and O–H groups in total. The van der Waals surface area contributed by atoms with Crippen molar-refractivity contribution in [2.75, 3.05) is 20.3 Å². The van der Waals surface area contributed by atoms with E-state index in [4.69, 9.17) is 14.2 Å². The maximum atomic E-state index is 12.5. The third-order valence-electron chi connectivity index (χ3n) is 6.20. The van der Waals surface area contributed by atoms with Gasteiger partial charge in [0, 0.05) is 29.5 Å². The molecule has 0 saturated carbocycles. The number of hydrogen-bond donors (Lipinski definition) is 4. The molecule has 0 spiro atoms. The number of methoxy groups -OCH3 is 1. The Kier molecular flexibility index (Phi) is 6.39. The maximum absolute atomic E-state index is 12.5. The fourth-order valence-corrected chi connectivity index (χ4v) is 4.42. The molecule has 0 aliphatic heterocycles. The van der Waals surface area contributed by atoms with Crippen LogP contribution in [0.3, 0.4) is 0 Å². The number of carbonyl (C=O) groups is 1. The highest BCUT2D eigenvalue weighted by Crippen LogP contribution is 2.40. The van der Waals surface area contributed by atoms with E-state index in [1.165, 1.54) is 6.33 Å². The van der Waals surface area contributed by atoms with E-state index in [1.54, 1.807) is 25.3 Å². The highest BCUT2D eigenvalue weighted by atomic mass is 16.6. The molecule has 11 heteroatoms. The van der Waals surface area contributed by atoms with Gasteiger partial charge in [-0.05, 0) is 42.5 Å². The Morgan fingerprint density at radius 3 is 2.67 bits per heavy atom. The van der Waals surface area contributed by atoms with Gasteiger partial charge in [-0.1, -0.05) is 12.1 Å². The van der Waals surface area contributed by atoms with Crippen molar-refractivity contribution in [2.45, 2.75) is 6.54 Å². The van der Waals surface area contributed by atoms with Crippen molar-refractivity contribution in [2.24, 2.45) is 0 Å². The van der Waals surface area contributed by atoms with Crippen molar-refractivity contribution in [3.05, 3.63) is 72.8 Å². The van der Waals surface area contributed by atoms with E-state index >= 15 is 0 Å². The molecule has 6 rings (SSSR count). The van der Waals surface area contributed by atoms with E-state index in [-0.39, 0.29) is 12.4 Å². The molecule has 1 amide bonds. The summed E-state index contributed by atoms with van der Waals surface area (Å²) in [4.78, 5) is 31.9. The summed E-state index contributed by atoms with van der Waals surface area (Å²) >= 11 is 0. The van der Waals surface area contributed by atoms with Crippen LogP contribution in [-0.4, -0.2) is 56.4 Å². The molecule has 3 aromatic carbocycles. The summed E-state index contributed by atoms with van der Waals surface area (Å²) < 4.78 is 16.2. The molecule has 0 unspecified atom stereocenters. The van der Waals surface area contributed by atoms with Crippen molar-refractivity contribution < 1.29 is 24.1 Å². The lowest BCUT2D eigenvalue weighted by Gasteiger charge is -2.09. The third-order valence-corrected chi connectivity index (χ3v) is 6.20. The number of aromatic nitrogens is 5. The molecule has 39 heavy (non-hydrogen) atoms. The average molecular weight is 525 g/mol. The van der Waals surface area contributed by atoms with Crippen LogP contribution in [0.5, 0.6) is 17.4 Å². The van der Waals surface area contributed by atoms with E-state index in [0.29, 0.717) is 58.2 Å². The molecule has 0 saturated heterocycles. The van der Waals surface area contributed by atoms with Gasteiger partial charge < -0.3 is 34.6 Å². The minimum atomic E-state index is -0.635. The first kappa shape index (κ1) is 24.2. The number of benzene rings is 3. The Balaban J connectivity index is 1.24. The standard InChI is InChI=1S/C28H24N6O5/c1-37-10-11-38-16-6-8-18-23(13-16)30-15-31-26(18)25-19-12-17(7-9-20(19)34-27(25)35)39-28(36)29-14-24-32-21-4-2-3-5-22(21)33-24/h2-9,12-13,15,34-35H,10-11,14H2,1H3,(H,29,36)(H,32,33). The number of H-pyrrole nitrogens is 2. The van der Waals surface area contributed by atoms with Gasteiger partial charge in [0.15, 0.2) is 5.88 Å². The summed E-state index contributed by atoms with van der Waals surface area (Å²) in [5, 5.41) is 14.9. The summed E-state index contributed by atoms with van der Waals surface area (Å²) in [6.07, 6.45) is 0.797. The first-order valence-electron chi connectivity index (χ1n) is 12.2. The van der Waals surface area contributed by atoms with Crippen LogP contribution in [0.15, 0.2) is 67.0 Å². The minimum absolute atomic E-state index is 0.0584. The number of rotatable bonds is 8. The third kappa shape index (κ3) is 4.90. The quantitative estimate of drug-likeness (QED) is 0.210. The normalized spacial score (nSPS) is 11.3. The lowest BCUT2D eigenvalue weighted by atomic mass is 10.0. The van der Waals surface area contributed by atoms with E-state index in [2.05, 4.69) is 30.2 Å². The predicted molar refractivity (Wildman–Crippen MR) is 145 cm³/mol. The lowest BCUT2D eigenvalue weighted by Crippen LogP contribution is -2.26. The van der Waals surface area contributed by atoms with Gasteiger partial charge >= 0.3 is 6.09 Å². The summed E-state index contributed by atoms with van der Waals surface area (Å²) in [6, 6.07) is 18.1. The predicted octanol–water partition coefficient (Wildman–Crippen LogP) is 4.67. The van der Waals surface area contributed by atoms with Crippen LogP contribution in [0.1, 0.15) is 5.82 Å². The summed E-state index contributed by atoms with van der Waals surface area (Å²) in [6.45, 7) is 1.06. The fourth-order valence-electron chi connectivity index (χ4n) is 4.42. The molecule has 0 bridgehead atoms. The van der Waals surface area contributed by atoms with Crippen LogP contribution in [0, 0.1) is 0 Å². The molecular weight excluding hydrogens is 500 g/mol. The van der Waals surface area contributed by atoms with E-state index < -0.39 is 6.09 Å². The van der Waals surface area contributed by atoms with E-state index in [1.807, 2.05) is 42.5 Å². The molecule has 3 aromatic heterocycles. The minimum Gasteiger partial charge on any atom is -0.494 e. The number of nitrogens with one attached hydrogen (secondary N) is 3. The van der Waals surface area contributed by atoms with Crippen LogP contribution in [0.25, 0.3) is 44.1 Å². The molecule has 11 nitrogen and oxygen atoms in total. The van der Waals surface area contributed by atoms with Gasteiger partial charge in [0.05, 0.1) is 41.0 Å². The second kappa shape index (κ2) is 10.3. The van der Waals surface area contributed by atoms with Gasteiger partial charge in [-0.15, -0.1) is 0 Å². The number of imidazole rings is 1. The topological polar surface area (TPSA) is 147 Å². The van der Waals surface area contributed by atoms with E-state index in [0.717, 1.165) is 16.4 Å². The number of fused-ring (bicyclic) bond motifs is 3. The van der Waals surface area contributed by atoms with Crippen LogP contribution >= 0.6 is 0 Å². The zero-order valence-electron chi connectivity index (χ0n) is 20.9. The largest absolute Gasteiger partial charge is 0.494 e. The zero-order chi connectivity index (χ0) is 26.8. The highest BCUT2D eigenvalue weighted by Gasteiger charge is 2.19. The molecule has 0 radical (unpaired) electrons. The second-order valence-corrected chi connectivity index (χ2v) is 8.74. The van der Waals surface area contributed by atoms with Gasteiger partial charge in [0.2, 0.25) is 0 Å². The molecule has 0 atom stereocenters. The second-order valence-electron chi connectivity index (χ2n) is 8.74. The Bertz CT molecular complexity index is 1780. The van der Waals surface area contributed by atoms with Crippen LogP contribution in [0.2, 0.25) is 0 Å². The van der Waals surface area contributed by atoms with Crippen LogP contribution in [0.4, 0.5) is 4.79 Å². The number of para-hydroxylation sites is 2. The summed E-state index contributed by atoms with van der Waals surface area (Å²) in [7, 11) is 1.61. The van der Waals surface area contributed by atoms with Crippen LogP contribution < -0.4 is 14.8 Å². The van der Waals surface area contributed by atoms with E-state index in [9.17, 15) is 9.90 Å². The fraction of sp³-hybridized carbons (Fsp3) is 0.143. The monoisotopic (exact) mass is 524 g/mol. The number of ether oxygens (including phenoxy) is 3.